The Morgan fingerprint density at radius 1 is 0.974 bits per heavy atom. The maximum absolute atomic E-state index is 15.1. The van der Waals surface area contributed by atoms with Crippen molar-refractivity contribution in [2.75, 3.05) is 54.4 Å². The van der Waals surface area contributed by atoms with Gasteiger partial charge in [0.25, 0.3) is 0 Å². The highest BCUT2D eigenvalue weighted by Crippen LogP contribution is 2.34. The van der Waals surface area contributed by atoms with Gasteiger partial charge in [0, 0.05) is 68.2 Å². The molecule has 0 spiro atoms. The number of nitrogens with zero attached hydrogens (tertiary/aromatic N) is 8. The zero-order chi connectivity index (χ0) is 26.3. The monoisotopic (exact) mass is 527 g/mol. The van der Waals surface area contributed by atoms with E-state index in [1.807, 2.05) is 18.2 Å². The summed E-state index contributed by atoms with van der Waals surface area (Å²) in [6, 6.07) is 10.00. The van der Waals surface area contributed by atoms with Gasteiger partial charge in [-0.25, -0.2) is 29.3 Å². The van der Waals surface area contributed by atoms with Crippen molar-refractivity contribution in [1.82, 2.24) is 29.8 Å². The van der Waals surface area contributed by atoms with Crippen molar-refractivity contribution in [3.8, 4) is 11.3 Å². The van der Waals surface area contributed by atoms with Crippen LogP contribution in [-0.4, -0.2) is 86.3 Å². The van der Waals surface area contributed by atoms with Crippen LogP contribution in [0.4, 0.5) is 27.8 Å². The lowest BCUT2D eigenvalue weighted by atomic mass is 10.1. The molecule has 2 atom stereocenters. The standard InChI is InChI=1S/C28H30FN9O/c29-23-12-18(11-19-14-32-28(35-26(19)23)36-7-1-2-8-36)24-5-6-30-27(34-24)33-20-3-4-25(31-15-20)38-17-21-13-22(38)16-37(21)9-10-39/h3-6,11-12,14-15,21-22,39H,1-2,7-10,13,16-17H2,(H,30,33,34). The third kappa shape index (κ3) is 4.61. The molecule has 1 aromatic carbocycles. The summed E-state index contributed by atoms with van der Waals surface area (Å²) in [6.07, 6.45) is 8.46. The van der Waals surface area contributed by atoms with E-state index < -0.39 is 5.82 Å². The smallest absolute Gasteiger partial charge is 0.227 e. The Morgan fingerprint density at radius 3 is 2.64 bits per heavy atom. The number of benzene rings is 1. The van der Waals surface area contributed by atoms with Gasteiger partial charge in [-0.05, 0) is 49.6 Å². The molecule has 3 aliphatic rings. The lowest BCUT2D eigenvalue weighted by Gasteiger charge is -2.34. The predicted molar refractivity (Wildman–Crippen MR) is 148 cm³/mol. The number of pyridine rings is 1. The van der Waals surface area contributed by atoms with Gasteiger partial charge < -0.3 is 20.2 Å². The largest absolute Gasteiger partial charge is 0.395 e. The van der Waals surface area contributed by atoms with Gasteiger partial charge in [-0.2, -0.15) is 0 Å². The van der Waals surface area contributed by atoms with Crippen molar-refractivity contribution >= 4 is 34.3 Å². The molecule has 0 radical (unpaired) electrons. The molecule has 3 aliphatic heterocycles. The summed E-state index contributed by atoms with van der Waals surface area (Å²) >= 11 is 0. The van der Waals surface area contributed by atoms with E-state index in [0.29, 0.717) is 46.1 Å². The number of rotatable bonds is 7. The summed E-state index contributed by atoms with van der Waals surface area (Å²) in [6.45, 7) is 4.66. The van der Waals surface area contributed by atoms with Crippen LogP contribution in [0.5, 0.6) is 0 Å². The lowest BCUT2D eigenvalue weighted by Crippen LogP contribution is -2.47. The summed E-state index contributed by atoms with van der Waals surface area (Å²) < 4.78 is 15.1. The van der Waals surface area contributed by atoms with Crippen LogP contribution in [0.3, 0.4) is 0 Å². The predicted octanol–water partition coefficient (Wildman–Crippen LogP) is 3.22. The Balaban J connectivity index is 1.07. The zero-order valence-corrected chi connectivity index (χ0v) is 21.5. The van der Waals surface area contributed by atoms with Crippen molar-refractivity contribution in [2.24, 2.45) is 0 Å². The number of piperazine rings is 1. The number of hydrogen-bond donors (Lipinski definition) is 2. The van der Waals surface area contributed by atoms with E-state index in [0.717, 1.165) is 63.5 Å². The van der Waals surface area contributed by atoms with Gasteiger partial charge in [-0.15, -0.1) is 0 Å². The molecule has 2 unspecified atom stereocenters. The number of likely N-dealkylation sites (tertiary alicyclic amines) is 1. The molecule has 39 heavy (non-hydrogen) atoms. The molecule has 6 heterocycles. The molecule has 200 valence electrons. The molecule has 0 aliphatic carbocycles. The first-order chi connectivity index (χ1) is 19.1. The first-order valence-electron chi connectivity index (χ1n) is 13.5. The Bertz CT molecular complexity index is 1490. The fourth-order valence-corrected chi connectivity index (χ4v) is 6.08. The molecule has 0 amide bonds. The van der Waals surface area contributed by atoms with Gasteiger partial charge in [0.2, 0.25) is 11.9 Å². The second kappa shape index (κ2) is 9.97. The van der Waals surface area contributed by atoms with Crippen LogP contribution in [0.2, 0.25) is 0 Å². The minimum atomic E-state index is -0.395. The average Bonchev–Trinajstić information content (AvgIpc) is 3.72. The maximum Gasteiger partial charge on any atom is 0.227 e. The van der Waals surface area contributed by atoms with Crippen molar-refractivity contribution < 1.29 is 9.50 Å². The van der Waals surface area contributed by atoms with Crippen molar-refractivity contribution in [1.29, 1.82) is 0 Å². The minimum absolute atomic E-state index is 0.203. The van der Waals surface area contributed by atoms with Gasteiger partial charge in [0.15, 0.2) is 0 Å². The molecular formula is C28H30FN9O. The van der Waals surface area contributed by atoms with Crippen LogP contribution in [0.25, 0.3) is 22.2 Å². The number of aromatic nitrogens is 5. The summed E-state index contributed by atoms with van der Waals surface area (Å²) in [7, 11) is 0. The number of nitrogens with one attached hydrogen (secondary N) is 1. The fourth-order valence-electron chi connectivity index (χ4n) is 6.08. The van der Waals surface area contributed by atoms with Crippen LogP contribution in [0.1, 0.15) is 19.3 Å². The number of hydrogen-bond acceptors (Lipinski definition) is 10. The quantitative estimate of drug-likeness (QED) is 0.372. The highest BCUT2D eigenvalue weighted by molar-refractivity contribution is 5.84. The molecule has 2 bridgehead atoms. The zero-order valence-electron chi connectivity index (χ0n) is 21.5. The van der Waals surface area contributed by atoms with Crippen LogP contribution in [-0.2, 0) is 0 Å². The molecule has 3 saturated heterocycles. The second-order valence-electron chi connectivity index (χ2n) is 10.5. The molecule has 10 nitrogen and oxygen atoms in total. The van der Waals surface area contributed by atoms with E-state index in [4.69, 9.17) is 0 Å². The van der Waals surface area contributed by atoms with E-state index in [1.165, 1.54) is 6.07 Å². The van der Waals surface area contributed by atoms with E-state index >= 15 is 4.39 Å². The number of anilines is 4. The Morgan fingerprint density at radius 2 is 1.87 bits per heavy atom. The summed E-state index contributed by atoms with van der Waals surface area (Å²) in [4.78, 5) is 29.4. The number of β-amino-alcohol motifs (C(OH)–C–C–N with tert-alkyl or cyclic N) is 1. The molecule has 0 saturated carbocycles. The third-order valence-electron chi connectivity index (χ3n) is 8.00. The van der Waals surface area contributed by atoms with Gasteiger partial charge in [-0.3, -0.25) is 4.90 Å². The second-order valence-corrected chi connectivity index (χ2v) is 10.5. The Hall–Kier alpha value is -3.96. The van der Waals surface area contributed by atoms with E-state index in [1.54, 1.807) is 24.7 Å². The van der Waals surface area contributed by atoms with Crippen molar-refractivity contribution in [3.05, 3.63) is 54.7 Å². The van der Waals surface area contributed by atoms with Crippen molar-refractivity contribution in [3.63, 3.8) is 0 Å². The number of aliphatic hydroxyl groups is 1. The summed E-state index contributed by atoms with van der Waals surface area (Å²) in [5.41, 5.74) is 2.33. The first-order valence-corrected chi connectivity index (χ1v) is 13.5. The molecule has 4 aromatic rings. The van der Waals surface area contributed by atoms with Crippen LogP contribution >= 0.6 is 0 Å². The normalized spacial score (nSPS) is 20.9. The number of aliphatic hydroxyl groups excluding tert-OH is 1. The molecular weight excluding hydrogens is 497 g/mol. The summed E-state index contributed by atoms with van der Waals surface area (Å²) in [5.74, 6) is 1.55. The molecule has 7 rings (SSSR count). The third-order valence-corrected chi connectivity index (χ3v) is 8.00. The van der Waals surface area contributed by atoms with Gasteiger partial charge in [0.05, 0.1) is 24.2 Å². The lowest BCUT2D eigenvalue weighted by molar-refractivity contribution is 0.177. The van der Waals surface area contributed by atoms with E-state index in [2.05, 4.69) is 44.9 Å². The average molecular weight is 528 g/mol. The first kappa shape index (κ1) is 24.1. The topological polar surface area (TPSA) is 106 Å². The van der Waals surface area contributed by atoms with Crippen LogP contribution in [0, 0.1) is 5.82 Å². The number of fused-ring (bicyclic) bond motifs is 3. The van der Waals surface area contributed by atoms with Gasteiger partial charge in [-0.1, -0.05) is 0 Å². The Kier molecular flexibility index (Phi) is 6.16. The SMILES string of the molecule is OCCN1CC2CC1CN2c1ccc(Nc2nccc(-c3cc(F)c4nc(N5CCCC5)ncc4c3)n2)cn1. The van der Waals surface area contributed by atoms with Crippen molar-refractivity contribution in [2.45, 2.75) is 31.3 Å². The van der Waals surface area contributed by atoms with E-state index in [9.17, 15) is 5.11 Å². The van der Waals surface area contributed by atoms with Gasteiger partial charge in [0.1, 0.15) is 17.2 Å². The highest BCUT2D eigenvalue weighted by Gasteiger charge is 2.43. The molecule has 3 aromatic heterocycles. The minimum Gasteiger partial charge on any atom is -0.395 e. The molecule has 3 fully saturated rings. The molecule has 11 heteroatoms. The number of halogens is 1. The van der Waals surface area contributed by atoms with Gasteiger partial charge >= 0.3 is 0 Å². The van der Waals surface area contributed by atoms with Crippen LogP contribution < -0.4 is 15.1 Å². The molecule has 2 N–H and O–H groups in total. The van der Waals surface area contributed by atoms with Crippen LogP contribution in [0.15, 0.2) is 48.9 Å². The Labute approximate surface area is 225 Å². The van der Waals surface area contributed by atoms with E-state index in [-0.39, 0.29) is 6.61 Å². The highest BCUT2D eigenvalue weighted by atomic mass is 19.1. The summed E-state index contributed by atoms with van der Waals surface area (Å²) in [5, 5.41) is 13.1. The fraction of sp³-hybridized carbons (Fsp3) is 0.393. The maximum atomic E-state index is 15.1.